The molecular formula is C27H48Cl2N2O3. The molecule has 0 bridgehead atoms. The van der Waals surface area contributed by atoms with Gasteiger partial charge in [0.15, 0.2) is 0 Å². The van der Waals surface area contributed by atoms with Crippen molar-refractivity contribution >= 4 is 23.2 Å². The van der Waals surface area contributed by atoms with Crippen molar-refractivity contribution in [3.05, 3.63) is 0 Å². The second kappa shape index (κ2) is 13.3. The lowest BCUT2D eigenvalue weighted by Gasteiger charge is -2.45. The zero-order valence-corrected chi connectivity index (χ0v) is 22.5. The molecule has 34 heavy (non-hydrogen) atoms. The van der Waals surface area contributed by atoms with Gasteiger partial charge in [0.2, 0.25) is 0 Å². The van der Waals surface area contributed by atoms with Gasteiger partial charge in [0.05, 0.1) is 11.0 Å². The Labute approximate surface area is 217 Å². The molecule has 2 saturated carbocycles. The molecule has 4 aliphatic rings. The van der Waals surface area contributed by atoms with Crippen LogP contribution in [0.4, 0.5) is 0 Å². The summed E-state index contributed by atoms with van der Waals surface area (Å²) in [4.78, 5) is 2.54. The third-order valence-electron chi connectivity index (χ3n) is 9.39. The second-order valence-corrected chi connectivity index (χ2v) is 12.8. The highest BCUT2D eigenvalue weighted by Crippen LogP contribution is 2.41. The van der Waals surface area contributed by atoms with Gasteiger partial charge in [-0.05, 0) is 101 Å². The second-order valence-electron chi connectivity index (χ2n) is 11.7. The normalized spacial score (nSPS) is 35.6. The highest BCUT2D eigenvalue weighted by Gasteiger charge is 2.40. The van der Waals surface area contributed by atoms with E-state index in [0.29, 0.717) is 17.8 Å². The Bertz CT molecular complexity index is 592. The molecule has 0 aromatic heterocycles. The first-order valence-electron chi connectivity index (χ1n) is 14.2. The van der Waals surface area contributed by atoms with Gasteiger partial charge in [-0.25, -0.2) is 0 Å². The fourth-order valence-corrected chi connectivity index (χ4v) is 7.67. The van der Waals surface area contributed by atoms with Crippen LogP contribution in [0.5, 0.6) is 0 Å². The van der Waals surface area contributed by atoms with E-state index in [2.05, 4.69) is 10.2 Å². The van der Waals surface area contributed by atoms with Crippen LogP contribution in [0.15, 0.2) is 0 Å². The number of nitrogens with zero attached hydrogens (tertiary/aromatic N) is 1. The minimum Gasteiger partial charge on any atom is -0.390 e. The van der Waals surface area contributed by atoms with E-state index in [-0.39, 0.29) is 17.0 Å². The van der Waals surface area contributed by atoms with Gasteiger partial charge >= 0.3 is 0 Å². The number of aliphatic hydroxyl groups excluding tert-OH is 1. The first-order chi connectivity index (χ1) is 16.4. The summed E-state index contributed by atoms with van der Waals surface area (Å²) in [5, 5.41) is 25.6. The topological polar surface area (TPSA) is 65.0 Å². The number of hydrogen-bond donors (Lipinski definition) is 3. The van der Waals surface area contributed by atoms with E-state index < -0.39 is 11.8 Å². The molecule has 3 N–H and O–H groups in total. The van der Waals surface area contributed by atoms with Gasteiger partial charge in [0.1, 0.15) is 12.5 Å². The molecule has 0 aromatic carbocycles. The van der Waals surface area contributed by atoms with E-state index in [4.69, 9.17) is 27.9 Å². The minimum absolute atomic E-state index is 0.0233. The number of likely N-dealkylation sites (tertiary alicyclic amines) is 1. The van der Waals surface area contributed by atoms with Crippen LogP contribution in [-0.4, -0.2) is 70.2 Å². The molecule has 6 unspecified atom stereocenters. The monoisotopic (exact) mass is 518 g/mol. The van der Waals surface area contributed by atoms with Crippen molar-refractivity contribution in [1.29, 1.82) is 0 Å². The largest absolute Gasteiger partial charge is 0.390 e. The number of piperidine rings is 1. The van der Waals surface area contributed by atoms with Gasteiger partial charge < -0.3 is 19.8 Å². The molecular weight excluding hydrogens is 471 g/mol. The molecule has 2 aliphatic carbocycles. The summed E-state index contributed by atoms with van der Waals surface area (Å²) in [6, 6.07) is 0. The Morgan fingerprint density at radius 2 is 1.68 bits per heavy atom. The fraction of sp³-hybridized carbons (Fsp3) is 1.00. The number of rotatable bonds is 9. The molecule has 4 fully saturated rings. The molecule has 2 aliphatic heterocycles. The standard InChI is InChI=1S/C27H48Cl2N2O3/c28-23-10-9-20(18-24(23)29)21(19-25(32)30-26-8-4-5-17-34-26)11-14-31-15-12-27(33,13-16-31)22-6-2-1-3-7-22/h20-26,30,32-33H,1-19H2. The minimum atomic E-state index is -0.548. The SMILES string of the molecule is OC(CC(CCN1CCC(O)(C2CCCCC2)CC1)C1CCC(Cl)C(Cl)C1)NC1CCCCO1. The average molecular weight is 520 g/mol. The molecule has 7 heteroatoms. The highest BCUT2D eigenvalue weighted by atomic mass is 35.5. The van der Waals surface area contributed by atoms with Crippen LogP contribution >= 0.6 is 23.2 Å². The Hall–Kier alpha value is 0.380. The van der Waals surface area contributed by atoms with E-state index >= 15 is 0 Å². The zero-order valence-electron chi connectivity index (χ0n) is 21.0. The molecule has 0 amide bonds. The van der Waals surface area contributed by atoms with Crippen molar-refractivity contribution < 1.29 is 14.9 Å². The Morgan fingerprint density at radius 1 is 0.941 bits per heavy atom. The molecule has 0 radical (unpaired) electrons. The van der Waals surface area contributed by atoms with E-state index in [1.165, 1.54) is 32.1 Å². The van der Waals surface area contributed by atoms with Crippen LogP contribution in [-0.2, 0) is 4.74 Å². The third kappa shape index (κ3) is 7.69. The number of alkyl halides is 2. The molecule has 2 heterocycles. The maximum atomic E-state index is 11.3. The zero-order chi connectivity index (χ0) is 24.0. The van der Waals surface area contributed by atoms with Crippen molar-refractivity contribution in [1.82, 2.24) is 10.2 Å². The van der Waals surface area contributed by atoms with Crippen LogP contribution in [0.25, 0.3) is 0 Å². The summed E-state index contributed by atoms with van der Waals surface area (Å²) in [5.74, 6) is 1.42. The molecule has 0 spiro atoms. The van der Waals surface area contributed by atoms with Crippen molar-refractivity contribution in [2.45, 2.75) is 125 Å². The molecule has 2 saturated heterocycles. The van der Waals surface area contributed by atoms with Crippen molar-refractivity contribution in [2.75, 3.05) is 26.2 Å². The maximum Gasteiger partial charge on any atom is 0.110 e. The van der Waals surface area contributed by atoms with Gasteiger partial charge in [-0.1, -0.05) is 19.3 Å². The lowest BCUT2D eigenvalue weighted by atomic mass is 9.72. The molecule has 0 aromatic rings. The van der Waals surface area contributed by atoms with Gasteiger partial charge in [-0.3, -0.25) is 5.32 Å². The molecule has 6 atom stereocenters. The lowest BCUT2D eigenvalue weighted by molar-refractivity contribution is -0.0785. The predicted octanol–water partition coefficient (Wildman–Crippen LogP) is 5.24. The summed E-state index contributed by atoms with van der Waals surface area (Å²) in [6.07, 6.45) is 15.6. The molecule has 5 nitrogen and oxygen atoms in total. The maximum absolute atomic E-state index is 11.3. The van der Waals surface area contributed by atoms with Crippen LogP contribution in [0, 0.1) is 17.8 Å². The Balaban J connectivity index is 1.28. The van der Waals surface area contributed by atoms with Gasteiger partial charge in [0.25, 0.3) is 0 Å². The quantitative estimate of drug-likeness (QED) is 0.287. The van der Waals surface area contributed by atoms with E-state index in [1.54, 1.807) is 0 Å². The third-order valence-corrected chi connectivity index (χ3v) is 10.5. The van der Waals surface area contributed by atoms with Gasteiger partial charge in [-0.2, -0.15) is 0 Å². The summed E-state index contributed by atoms with van der Waals surface area (Å²) < 4.78 is 5.79. The van der Waals surface area contributed by atoms with E-state index in [9.17, 15) is 10.2 Å². The fourth-order valence-electron chi connectivity index (χ4n) is 7.09. The van der Waals surface area contributed by atoms with Crippen LogP contribution in [0.1, 0.15) is 96.3 Å². The van der Waals surface area contributed by atoms with Crippen LogP contribution < -0.4 is 5.32 Å². The van der Waals surface area contributed by atoms with Crippen molar-refractivity contribution in [2.24, 2.45) is 17.8 Å². The smallest absolute Gasteiger partial charge is 0.110 e. The summed E-state index contributed by atoms with van der Waals surface area (Å²) in [7, 11) is 0. The number of hydrogen-bond acceptors (Lipinski definition) is 5. The first kappa shape index (κ1) is 27.4. The highest BCUT2D eigenvalue weighted by molar-refractivity contribution is 6.30. The lowest BCUT2D eigenvalue weighted by Crippen LogP contribution is -2.50. The Kier molecular flexibility index (Phi) is 10.7. The van der Waals surface area contributed by atoms with Gasteiger partial charge in [-0.15, -0.1) is 23.2 Å². The molecule has 198 valence electrons. The number of nitrogens with one attached hydrogen (secondary N) is 1. The molecule has 4 rings (SSSR count). The van der Waals surface area contributed by atoms with Crippen molar-refractivity contribution in [3.8, 4) is 0 Å². The van der Waals surface area contributed by atoms with Crippen LogP contribution in [0.2, 0.25) is 0 Å². The number of aliphatic hydroxyl groups is 2. The summed E-state index contributed by atoms with van der Waals surface area (Å²) in [6.45, 7) is 3.79. The van der Waals surface area contributed by atoms with Crippen molar-refractivity contribution in [3.63, 3.8) is 0 Å². The summed E-state index contributed by atoms with van der Waals surface area (Å²) in [5.41, 5.74) is -0.443. The van der Waals surface area contributed by atoms with Crippen LogP contribution in [0.3, 0.4) is 0 Å². The average Bonchev–Trinajstić information content (AvgIpc) is 2.86. The number of halogens is 2. The van der Waals surface area contributed by atoms with E-state index in [0.717, 1.165) is 90.4 Å². The summed E-state index contributed by atoms with van der Waals surface area (Å²) >= 11 is 13.0. The predicted molar refractivity (Wildman–Crippen MR) is 139 cm³/mol. The number of ether oxygens (including phenoxy) is 1. The van der Waals surface area contributed by atoms with E-state index in [1.807, 2.05) is 0 Å². The first-order valence-corrected chi connectivity index (χ1v) is 15.1. The Morgan fingerprint density at radius 3 is 2.35 bits per heavy atom. The van der Waals surface area contributed by atoms with Gasteiger partial charge in [0, 0.05) is 25.1 Å².